The standard InChI is InChI=1S/C16H29N3/c1-5-15-14(10-17)16(6-2)19(18-15)13-8-7-11(3)12(4)9-13/h11-13H,5-10,17H2,1-4H3. The Bertz CT molecular complexity index is 422. The lowest BCUT2D eigenvalue weighted by Gasteiger charge is -2.33. The van der Waals surface area contributed by atoms with E-state index in [1.165, 1.54) is 36.2 Å². The largest absolute Gasteiger partial charge is 0.326 e. The van der Waals surface area contributed by atoms with Crippen molar-refractivity contribution >= 4 is 0 Å². The zero-order chi connectivity index (χ0) is 14.0. The first-order chi connectivity index (χ1) is 9.12. The van der Waals surface area contributed by atoms with E-state index in [-0.39, 0.29) is 0 Å². The van der Waals surface area contributed by atoms with Gasteiger partial charge in [0.05, 0.1) is 11.7 Å². The van der Waals surface area contributed by atoms with Crippen LogP contribution in [0.15, 0.2) is 0 Å². The summed E-state index contributed by atoms with van der Waals surface area (Å²) in [5.41, 5.74) is 9.84. The Hall–Kier alpha value is -0.830. The van der Waals surface area contributed by atoms with Crippen molar-refractivity contribution in [1.82, 2.24) is 9.78 Å². The summed E-state index contributed by atoms with van der Waals surface area (Å²) in [7, 11) is 0. The first-order valence-electron chi connectivity index (χ1n) is 7.91. The molecule has 1 heterocycles. The summed E-state index contributed by atoms with van der Waals surface area (Å²) < 4.78 is 2.32. The van der Waals surface area contributed by atoms with E-state index >= 15 is 0 Å². The number of hydrogen-bond donors (Lipinski definition) is 1. The number of aryl methyl sites for hydroxylation is 1. The van der Waals surface area contributed by atoms with Gasteiger partial charge in [-0.1, -0.05) is 27.7 Å². The molecule has 0 aromatic carbocycles. The lowest BCUT2D eigenvalue weighted by Crippen LogP contribution is -2.25. The van der Waals surface area contributed by atoms with Gasteiger partial charge in [-0.2, -0.15) is 5.10 Å². The molecule has 19 heavy (non-hydrogen) atoms. The van der Waals surface area contributed by atoms with Crippen molar-refractivity contribution in [3.8, 4) is 0 Å². The van der Waals surface area contributed by atoms with E-state index in [9.17, 15) is 0 Å². The van der Waals surface area contributed by atoms with Crippen LogP contribution in [-0.4, -0.2) is 9.78 Å². The smallest absolute Gasteiger partial charge is 0.0669 e. The topological polar surface area (TPSA) is 43.8 Å². The summed E-state index contributed by atoms with van der Waals surface area (Å²) in [6.07, 6.45) is 5.90. The zero-order valence-corrected chi connectivity index (χ0v) is 12.9. The number of nitrogens with zero attached hydrogens (tertiary/aromatic N) is 2. The zero-order valence-electron chi connectivity index (χ0n) is 12.9. The summed E-state index contributed by atoms with van der Waals surface area (Å²) >= 11 is 0. The Kier molecular flexibility index (Phi) is 4.67. The molecule has 1 aromatic rings. The molecule has 1 saturated carbocycles. The Balaban J connectivity index is 2.31. The highest BCUT2D eigenvalue weighted by atomic mass is 15.3. The van der Waals surface area contributed by atoms with Crippen LogP contribution in [0.25, 0.3) is 0 Å². The molecule has 3 atom stereocenters. The number of nitrogens with two attached hydrogens (primary N) is 1. The van der Waals surface area contributed by atoms with E-state index in [1.54, 1.807) is 0 Å². The van der Waals surface area contributed by atoms with Gasteiger partial charge >= 0.3 is 0 Å². The second-order valence-corrected chi connectivity index (χ2v) is 6.15. The average molecular weight is 263 g/mol. The van der Waals surface area contributed by atoms with E-state index in [4.69, 9.17) is 10.8 Å². The molecule has 0 bridgehead atoms. The van der Waals surface area contributed by atoms with Crippen LogP contribution in [-0.2, 0) is 19.4 Å². The third-order valence-corrected chi connectivity index (χ3v) is 4.99. The van der Waals surface area contributed by atoms with Gasteiger partial charge in [-0.3, -0.25) is 4.68 Å². The van der Waals surface area contributed by atoms with Gasteiger partial charge in [0.15, 0.2) is 0 Å². The second kappa shape index (κ2) is 6.08. The molecule has 1 fully saturated rings. The van der Waals surface area contributed by atoms with Gasteiger partial charge in [0.1, 0.15) is 0 Å². The molecule has 3 nitrogen and oxygen atoms in total. The average Bonchev–Trinajstić information content (AvgIpc) is 2.79. The van der Waals surface area contributed by atoms with E-state index in [2.05, 4.69) is 32.4 Å². The molecule has 3 heteroatoms. The monoisotopic (exact) mass is 263 g/mol. The molecule has 108 valence electrons. The molecule has 1 aromatic heterocycles. The second-order valence-electron chi connectivity index (χ2n) is 6.15. The van der Waals surface area contributed by atoms with Crippen molar-refractivity contribution in [3.63, 3.8) is 0 Å². The molecule has 0 aliphatic heterocycles. The highest BCUT2D eigenvalue weighted by molar-refractivity contribution is 5.27. The van der Waals surface area contributed by atoms with Crippen LogP contribution in [0.2, 0.25) is 0 Å². The molecule has 1 aliphatic rings. The summed E-state index contributed by atoms with van der Waals surface area (Å²) in [6, 6.07) is 0.590. The van der Waals surface area contributed by atoms with Crippen molar-refractivity contribution < 1.29 is 0 Å². The minimum absolute atomic E-state index is 0.590. The molecule has 0 saturated heterocycles. The van der Waals surface area contributed by atoms with Crippen molar-refractivity contribution in [3.05, 3.63) is 17.0 Å². The van der Waals surface area contributed by atoms with Crippen LogP contribution < -0.4 is 5.73 Å². The maximum atomic E-state index is 5.94. The normalized spacial score (nSPS) is 27.7. The van der Waals surface area contributed by atoms with Gasteiger partial charge in [-0.05, 0) is 43.9 Å². The van der Waals surface area contributed by atoms with Crippen LogP contribution in [0.4, 0.5) is 0 Å². The molecule has 2 rings (SSSR count). The fourth-order valence-electron chi connectivity index (χ4n) is 3.49. The van der Waals surface area contributed by atoms with Crippen molar-refractivity contribution in [2.75, 3.05) is 0 Å². The van der Waals surface area contributed by atoms with Crippen molar-refractivity contribution in [1.29, 1.82) is 0 Å². The van der Waals surface area contributed by atoms with Gasteiger partial charge < -0.3 is 5.73 Å². The SMILES string of the molecule is CCc1nn(C2CCC(C)C(C)C2)c(CC)c1CN. The van der Waals surface area contributed by atoms with Crippen molar-refractivity contribution in [2.24, 2.45) is 17.6 Å². The molecular weight excluding hydrogens is 234 g/mol. The Morgan fingerprint density at radius 1 is 1.16 bits per heavy atom. The van der Waals surface area contributed by atoms with Gasteiger partial charge in [-0.25, -0.2) is 0 Å². The summed E-state index contributed by atoms with van der Waals surface area (Å²) in [5, 5.41) is 4.89. The third kappa shape index (κ3) is 2.71. The van der Waals surface area contributed by atoms with Crippen LogP contribution in [0.5, 0.6) is 0 Å². The summed E-state index contributed by atoms with van der Waals surface area (Å²) in [6.45, 7) is 9.80. The molecule has 0 radical (unpaired) electrons. The maximum Gasteiger partial charge on any atom is 0.0669 e. The molecule has 3 unspecified atom stereocenters. The minimum atomic E-state index is 0.590. The number of aromatic nitrogens is 2. The molecular formula is C16H29N3. The first kappa shape index (κ1) is 14.6. The van der Waals surface area contributed by atoms with Crippen LogP contribution in [0.3, 0.4) is 0 Å². The van der Waals surface area contributed by atoms with Crippen LogP contribution in [0, 0.1) is 11.8 Å². The number of rotatable bonds is 4. The van der Waals surface area contributed by atoms with E-state index < -0.39 is 0 Å². The lowest BCUT2D eigenvalue weighted by atomic mass is 9.79. The predicted molar refractivity (Wildman–Crippen MR) is 80.1 cm³/mol. The van der Waals surface area contributed by atoms with Crippen molar-refractivity contribution in [2.45, 2.75) is 72.4 Å². The Labute approximate surface area is 117 Å². The van der Waals surface area contributed by atoms with Crippen LogP contribution >= 0.6 is 0 Å². The maximum absolute atomic E-state index is 5.94. The highest BCUT2D eigenvalue weighted by Crippen LogP contribution is 2.37. The minimum Gasteiger partial charge on any atom is -0.326 e. The Morgan fingerprint density at radius 2 is 1.89 bits per heavy atom. The van der Waals surface area contributed by atoms with E-state index in [0.717, 1.165) is 24.7 Å². The first-order valence-corrected chi connectivity index (χ1v) is 7.91. The predicted octanol–water partition coefficient (Wildman–Crippen LogP) is 3.46. The van der Waals surface area contributed by atoms with E-state index in [1.807, 2.05) is 0 Å². The van der Waals surface area contributed by atoms with E-state index in [0.29, 0.717) is 12.6 Å². The third-order valence-electron chi connectivity index (χ3n) is 4.99. The van der Waals surface area contributed by atoms with Gasteiger partial charge in [-0.15, -0.1) is 0 Å². The van der Waals surface area contributed by atoms with Gasteiger partial charge in [0.25, 0.3) is 0 Å². The molecule has 1 aliphatic carbocycles. The van der Waals surface area contributed by atoms with Gasteiger partial charge in [0.2, 0.25) is 0 Å². The fourth-order valence-corrected chi connectivity index (χ4v) is 3.49. The molecule has 0 spiro atoms. The fraction of sp³-hybridized carbons (Fsp3) is 0.812. The Morgan fingerprint density at radius 3 is 2.42 bits per heavy atom. The molecule has 0 amide bonds. The summed E-state index contributed by atoms with van der Waals surface area (Å²) in [4.78, 5) is 0. The quantitative estimate of drug-likeness (QED) is 0.904. The van der Waals surface area contributed by atoms with Crippen LogP contribution in [0.1, 0.15) is 70.0 Å². The summed E-state index contributed by atoms with van der Waals surface area (Å²) in [5.74, 6) is 1.66. The van der Waals surface area contributed by atoms with Gasteiger partial charge in [0, 0.05) is 17.8 Å². The molecule has 2 N–H and O–H groups in total. The number of hydrogen-bond acceptors (Lipinski definition) is 2. The highest BCUT2D eigenvalue weighted by Gasteiger charge is 2.28. The lowest BCUT2D eigenvalue weighted by molar-refractivity contribution is 0.198.